The van der Waals surface area contributed by atoms with Gasteiger partial charge in [-0.05, 0) is 31.0 Å². The van der Waals surface area contributed by atoms with E-state index in [1.165, 1.54) is 11.8 Å². The maximum Gasteiger partial charge on any atom is 0.341 e. The first kappa shape index (κ1) is 13.1. The average molecular weight is 259 g/mol. The van der Waals surface area contributed by atoms with Crippen molar-refractivity contribution < 1.29 is 9.53 Å². The molecule has 2 N–H and O–H groups in total. The smallest absolute Gasteiger partial charge is 0.341 e. The molecule has 1 aromatic heterocycles. The van der Waals surface area contributed by atoms with Gasteiger partial charge in [-0.2, -0.15) is 5.10 Å². The standard InChI is InChI=1S/C14H17N3O2/c1-2-19-14(18)12-9-16-17(10-12)8-7-11-3-5-13(15)6-4-11/h3-6,9-10H,2,7-8,15H2,1H3. The summed E-state index contributed by atoms with van der Waals surface area (Å²) >= 11 is 0. The van der Waals surface area contributed by atoms with Gasteiger partial charge in [0.25, 0.3) is 0 Å². The van der Waals surface area contributed by atoms with Crippen LogP contribution in [0.5, 0.6) is 0 Å². The number of nitrogen functional groups attached to an aromatic ring is 1. The normalized spacial score (nSPS) is 10.4. The molecular formula is C14H17N3O2. The van der Waals surface area contributed by atoms with Crippen LogP contribution in [0.15, 0.2) is 36.7 Å². The molecule has 2 rings (SSSR count). The Bertz CT molecular complexity index is 546. The van der Waals surface area contributed by atoms with Crippen LogP contribution >= 0.6 is 0 Å². The molecule has 5 nitrogen and oxygen atoms in total. The fourth-order valence-electron chi connectivity index (χ4n) is 1.73. The molecule has 0 bridgehead atoms. The Hall–Kier alpha value is -2.30. The van der Waals surface area contributed by atoms with E-state index in [9.17, 15) is 4.79 Å². The molecule has 0 unspecified atom stereocenters. The number of rotatable bonds is 5. The molecule has 0 aliphatic heterocycles. The Morgan fingerprint density at radius 2 is 2.11 bits per heavy atom. The summed E-state index contributed by atoms with van der Waals surface area (Å²) in [5.74, 6) is -0.332. The van der Waals surface area contributed by atoms with Gasteiger partial charge in [-0.1, -0.05) is 12.1 Å². The number of hydrogen-bond acceptors (Lipinski definition) is 4. The molecule has 1 aromatic carbocycles. The van der Waals surface area contributed by atoms with Gasteiger partial charge in [-0.3, -0.25) is 4.68 Å². The summed E-state index contributed by atoms with van der Waals surface area (Å²) in [5.41, 5.74) is 8.06. The fourth-order valence-corrected chi connectivity index (χ4v) is 1.73. The molecule has 2 aromatic rings. The largest absolute Gasteiger partial charge is 0.462 e. The van der Waals surface area contributed by atoms with Gasteiger partial charge in [0.05, 0.1) is 18.4 Å². The van der Waals surface area contributed by atoms with E-state index in [1.807, 2.05) is 24.3 Å². The molecule has 0 saturated carbocycles. The minimum Gasteiger partial charge on any atom is -0.462 e. The van der Waals surface area contributed by atoms with Gasteiger partial charge >= 0.3 is 5.97 Å². The van der Waals surface area contributed by atoms with Crippen molar-refractivity contribution in [2.24, 2.45) is 0 Å². The number of ether oxygens (including phenoxy) is 1. The second kappa shape index (κ2) is 6.04. The minimum absolute atomic E-state index is 0.332. The molecule has 100 valence electrons. The van der Waals surface area contributed by atoms with Gasteiger partial charge in [-0.15, -0.1) is 0 Å². The third-order valence-corrected chi connectivity index (χ3v) is 2.75. The first-order valence-corrected chi connectivity index (χ1v) is 6.23. The van der Waals surface area contributed by atoms with E-state index < -0.39 is 0 Å². The fraction of sp³-hybridized carbons (Fsp3) is 0.286. The molecule has 0 radical (unpaired) electrons. The summed E-state index contributed by atoms with van der Waals surface area (Å²) in [7, 11) is 0. The van der Waals surface area contributed by atoms with E-state index in [4.69, 9.17) is 10.5 Å². The summed E-state index contributed by atoms with van der Waals surface area (Å²) in [6, 6.07) is 7.74. The lowest BCUT2D eigenvalue weighted by Crippen LogP contribution is -2.04. The monoisotopic (exact) mass is 259 g/mol. The number of esters is 1. The van der Waals surface area contributed by atoms with Gasteiger partial charge < -0.3 is 10.5 Å². The Morgan fingerprint density at radius 3 is 2.79 bits per heavy atom. The van der Waals surface area contributed by atoms with Crippen molar-refractivity contribution in [1.29, 1.82) is 0 Å². The number of anilines is 1. The quantitative estimate of drug-likeness (QED) is 0.657. The number of aryl methyl sites for hydroxylation is 2. The zero-order valence-electron chi connectivity index (χ0n) is 10.9. The van der Waals surface area contributed by atoms with Crippen molar-refractivity contribution in [3.05, 3.63) is 47.8 Å². The predicted octanol–water partition coefficient (Wildman–Crippen LogP) is 1.88. The molecular weight excluding hydrogens is 242 g/mol. The average Bonchev–Trinajstić information content (AvgIpc) is 2.87. The van der Waals surface area contributed by atoms with Crippen LogP contribution in [-0.4, -0.2) is 22.4 Å². The number of aromatic nitrogens is 2. The Labute approximate surface area is 112 Å². The molecule has 1 heterocycles. The summed E-state index contributed by atoms with van der Waals surface area (Å²) in [4.78, 5) is 11.5. The van der Waals surface area contributed by atoms with Gasteiger partial charge in [0.15, 0.2) is 0 Å². The van der Waals surface area contributed by atoms with E-state index in [1.54, 1.807) is 17.8 Å². The number of carbonyl (C=O) groups excluding carboxylic acids is 1. The van der Waals surface area contributed by atoms with E-state index in [-0.39, 0.29) is 5.97 Å². The van der Waals surface area contributed by atoms with Gasteiger partial charge in [-0.25, -0.2) is 4.79 Å². The summed E-state index contributed by atoms with van der Waals surface area (Å²) in [6.45, 7) is 2.86. The van der Waals surface area contributed by atoms with Crippen LogP contribution < -0.4 is 5.73 Å². The van der Waals surface area contributed by atoms with Gasteiger partial charge in [0.2, 0.25) is 0 Å². The highest BCUT2D eigenvalue weighted by Gasteiger charge is 2.08. The number of nitrogens with zero attached hydrogens (tertiary/aromatic N) is 2. The Balaban J connectivity index is 1.93. The van der Waals surface area contributed by atoms with Gasteiger partial charge in [0, 0.05) is 18.4 Å². The van der Waals surface area contributed by atoms with Crippen LogP contribution in [0.2, 0.25) is 0 Å². The van der Waals surface area contributed by atoms with E-state index in [0.29, 0.717) is 18.7 Å². The number of hydrogen-bond donors (Lipinski definition) is 1. The lowest BCUT2D eigenvalue weighted by molar-refractivity contribution is 0.0526. The maximum absolute atomic E-state index is 11.5. The van der Waals surface area contributed by atoms with E-state index >= 15 is 0 Å². The highest BCUT2D eigenvalue weighted by molar-refractivity contribution is 5.88. The van der Waals surface area contributed by atoms with Crippen LogP contribution in [0.3, 0.4) is 0 Å². The number of carbonyl (C=O) groups is 1. The molecule has 0 atom stereocenters. The van der Waals surface area contributed by atoms with Gasteiger partial charge in [0.1, 0.15) is 0 Å². The topological polar surface area (TPSA) is 70.1 Å². The van der Waals surface area contributed by atoms with Crippen LogP contribution in [0.4, 0.5) is 5.69 Å². The number of benzene rings is 1. The SMILES string of the molecule is CCOC(=O)c1cnn(CCc2ccc(N)cc2)c1. The molecule has 5 heteroatoms. The summed E-state index contributed by atoms with van der Waals surface area (Å²) in [6.07, 6.45) is 4.07. The zero-order chi connectivity index (χ0) is 13.7. The first-order valence-electron chi connectivity index (χ1n) is 6.23. The van der Waals surface area contributed by atoms with Crippen molar-refractivity contribution in [2.45, 2.75) is 19.9 Å². The predicted molar refractivity (Wildman–Crippen MR) is 72.7 cm³/mol. The first-order chi connectivity index (χ1) is 9.19. The van der Waals surface area contributed by atoms with E-state index in [0.717, 1.165) is 12.1 Å². The third kappa shape index (κ3) is 3.58. The van der Waals surface area contributed by atoms with Crippen LogP contribution in [0, 0.1) is 0 Å². The number of nitrogens with two attached hydrogens (primary N) is 1. The summed E-state index contributed by atoms with van der Waals surface area (Å²) in [5, 5.41) is 4.14. The van der Waals surface area contributed by atoms with Crippen LogP contribution in [0.1, 0.15) is 22.8 Å². The van der Waals surface area contributed by atoms with Crippen molar-refractivity contribution >= 4 is 11.7 Å². The maximum atomic E-state index is 11.5. The van der Waals surface area contributed by atoms with E-state index in [2.05, 4.69) is 5.10 Å². The third-order valence-electron chi connectivity index (χ3n) is 2.75. The Morgan fingerprint density at radius 1 is 1.37 bits per heavy atom. The molecule has 0 fully saturated rings. The van der Waals surface area contributed by atoms with Crippen molar-refractivity contribution in [3.63, 3.8) is 0 Å². The molecule has 0 amide bonds. The zero-order valence-corrected chi connectivity index (χ0v) is 10.9. The lowest BCUT2D eigenvalue weighted by atomic mass is 10.1. The molecule has 0 aliphatic carbocycles. The Kier molecular flexibility index (Phi) is 4.18. The summed E-state index contributed by atoms with van der Waals surface area (Å²) < 4.78 is 6.65. The molecule has 0 aliphatic rings. The van der Waals surface area contributed by atoms with Crippen LogP contribution in [0.25, 0.3) is 0 Å². The van der Waals surface area contributed by atoms with Crippen LogP contribution in [-0.2, 0) is 17.7 Å². The second-order valence-electron chi connectivity index (χ2n) is 4.20. The van der Waals surface area contributed by atoms with Crippen molar-refractivity contribution in [2.75, 3.05) is 12.3 Å². The minimum atomic E-state index is -0.332. The second-order valence-corrected chi connectivity index (χ2v) is 4.20. The van der Waals surface area contributed by atoms with Crippen molar-refractivity contribution in [1.82, 2.24) is 9.78 Å². The highest BCUT2D eigenvalue weighted by atomic mass is 16.5. The van der Waals surface area contributed by atoms with Crippen molar-refractivity contribution in [3.8, 4) is 0 Å². The highest BCUT2D eigenvalue weighted by Crippen LogP contribution is 2.07. The molecule has 0 saturated heterocycles. The molecule has 0 spiro atoms. The molecule has 19 heavy (non-hydrogen) atoms. The lowest BCUT2D eigenvalue weighted by Gasteiger charge is -2.02.